The Morgan fingerprint density at radius 2 is 1.76 bits per heavy atom. The summed E-state index contributed by atoms with van der Waals surface area (Å²) in [6.45, 7) is 4.80. The number of furan rings is 1. The smallest absolute Gasteiger partial charge is 0.273 e. The number of aryl methyl sites for hydroxylation is 2. The Morgan fingerprint density at radius 1 is 1.08 bits per heavy atom. The van der Waals surface area contributed by atoms with E-state index in [-0.39, 0.29) is 12.3 Å². The molecule has 1 aromatic heterocycles. The van der Waals surface area contributed by atoms with Crippen LogP contribution >= 0.6 is 0 Å². The molecule has 132 valence electrons. The molecule has 0 bridgehead atoms. The lowest BCUT2D eigenvalue weighted by Gasteiger charge is -2.18. The molecule has 0 spiro atoms. The SMILES string of the molecule is CC(=O)NC(CC(=O)NNC(=O)c1cc(C)oc1C)c1ccccc1. The molecule has 0 fully saturated rings. The maximum atomic E-state index is 12.1. The highest BCUT2D eigenvalue weighted by Gasteiger charge is 2.18. The van der Waals surface area contributed by atoms with Crippen molar-refractivity contribution in [2.24, 2.45) is 0 Å². The fourth-order valence-corrected chi connectivity index (χ4v) is 2.47. The average molecular weight is 343 g/mol. The van der Waals surface area contributed by atoms with Crippen molar-refractivity contribution in [1.82, 2.24) is 16.2 Å². The number of rotatable bonds is 5. The molecule has 0 radical (unpaired) electrons. The lowest BCUT2D eigenvalue weighted by molar-refractivity contribution is -0.123. The van der Waals surface area contributed by atoms with E-state index in [2.05, 4.69) is 16.2 Å². The molecule has 3 amide bonds. The summed E-state index contributed by atoms with van der Waals surface area (Å²) in [4.78, 5) is 35.6. The Morgan fingerprint density at radius 3 is 2.32 bits per heavy atom. The Balaban J connectivity index is 1.96. The van der Waals surface area contributed by atoms with Crippen molar-refractivity contribution in [3.05, 3.63) is 59.0 Å². The fraction of sp³-hybridized carbons (Fsp3) is 0.278. The van der Waals surface area contributed by atoms with Gasteiger partial charge in [-0.2, -0.15) is 0 Å². The van der Waals surface area contributed by atoms with Gasteiger partial charge >= 0.3 is 0 Å². The standard InChI is InChI=1S/C18H21N3O4/c1-11-9-15(12(2)25-11)18(24)21-20-17(23)10-16(19-13(3)22)14-7-5-4-6-8-14/h4-9,16H,10H2,1-3H3,(H,19,22)(H,20,23)(H,21,24). The van der Waals surface area contributed by atoms with Gasteiger partial charge in [-0.05, 0) is 25.5 Å². The molecular formula is C18H21N3O4. The predicted octanol–water partition coefficient (Wildman–Crippen LogP) is 1.92. The lowest BCUT2D eigenvalue weighted by atomic mass is 10.0. The predicted molar refractivity (Wildman–Crippen MR) is 91.4 cm³/mol. The van der Waals surface area contributed by atoms with Crippen LogP contribution in [0.25, 0.3) is 0 Å². The zero-order valence-electron chi connectivity index (χ0n) is 14.4. The highest BCUT2D eigenvalue weighted by molar-refractivity contribution is 5.96. The van der Waals surface area contributed by atoms with Crippen molar-refractivity contribution in [2.45, 2.75) is 33.2 Å². The van der Waals surface area contributed by atoms with Crippen LogP contribution in [0, 0.1) is 13.8 Å². The van der Waals surface area contributed by atoms with Crippen molar-refractivity contribution < 1.29 is 18.8 Å². The fourth-order valence-electron chi connectivity index (χ4n) is 2.47. The second-order valence-electron chi connectivity index (χ2n) is 5.70. The first-order valence-corrected chi connectivity index (χ1v) is 7.85. The normalized spacial score (nSPS) is 11.5. The van der Waals surface area contributed by atoms with E-state index in [1.165, 1.54) is 6.92 Å². The number of hydrogen-bond acceptors (Lipinski definition) is 4. The summed E-state index contributed by atoms with van der Waals surface area (Å²) < 4.78 is 5.29. The molecule has 7 heteroatoms. The summed E-state index contributed by atoms with van der Waals surface area (Å²) in [5, 5.41) is 2.73. The van der Waals surface area contributed by atoms with E-state index in [1.807, 2.05) is 30.3 Å². The molecule has 1 aromatic carbocycles. The third kappa shape index (κ3) is 5.20. The molecule has 25 heavy (non-hydrogen) atoms. The summed E-state index contributed by atoms with van der Waals surface area (Å²) in [6.07, 6.45) is -0.00668. The molecular weight excluding hydrogens is 322 g/mol. The van der Waals surface area contributed by atoms with Gasteiger partial charge in [0.1, 0.15) is 11.5 Å². The number of hydrogen-bond donors (Lipinski definition) is 3. The molecule has 0 aliphatic heterocycles. The summed E-state index contributed by atoms with van der Waals surface area (Å²) in [5.74, 6) is -0.0315. The summed E-state index contributed by atoms with van der Waals surface area (Å²) >= 11 is 0. The van der Waals surface area contributed by atoms with E-state index in [9.17, 15) is 14.4 Å². The second kappa shape index (κ2) is 8.14. The first-order chi connectivity index (χ1) is 11.9. The minimum absolute atomic E-state index is 0.00668. The highest BCUT2D eigenvalue weighted by atomic mass is 16.3. The Bertz CT molecular complexity index is 768. The average Bonchev–Trinajstić information content (AvgIpc) is 2.91. The van der Waals surface area contributed by atoms with Crippen molar-refractivity contribution in [3.63, 3.8) is 0 Å². The van der Waals surface area contributed by atoms with Gasteiger partial charge in [-0.1, -0.05) is 30.3 Å². The van der Waals surface area contributed by atoms with Crippen LogP contribution in [-0.4, -0.2) is 17.7 Å². The van der Waals surface area contributed by atoms with E-state index in [1.54, 1.807) is 19.9 Å². The lowest BCUT2D eigenvalue weighted by Crippen LogP contribution is -2.43. The molecule has 1 heterocycles. The summed E-state index contributed by atoms with van der Waals surface area (Å²) in [6, 6.07) is 10.3. The number of hydrazine groups is 1. The summed E-state index contributed by atoms with van der Waals surface area (Å²) in [7, 11) is 0. The molecule has 0 aliphatic rings. The largest absolute Gasteiger partial charge is 0.466 e. The topological polar surface area (TPSA) is 100 Å². The van der Waals surface area contributed by atoms with Crippen LogP contribution in [0.2, 0.25) is 0 Å². The summed E-state index contributed by atoms with van der Waals surface area (Å²) in [5.41, 5.74) is 5.88. The van der Waals surface area contributed by atoms with Crippen LogP contribution < -0.4 is 16.2 Å². The van der Waals surface area contributed by atoms with E-state index in [0.717, 1.165) is 5.56 Å². The molecule has 0 saturated heterocycles. The number of benzene rings is 1. The third-order valence-corrected chi connectivity index (χ3v) is 3.57. The Labute approximate surface area is 145 Å². The van der Waals surface area contributed by atoms with Crippen LogP contribution in [0.15, 0.2) is 40.8 Å². The van der Waals surface area contributed by atoms with Crippen LogP contribution in [0.1, 0.15) is 46.8 Å². The molecule has 2 aromatic rings. The van der Waals surface area contributed by atoms with Crippen LogP contribution in [-0.2, 0) is 9.59 Å². The van der Waals surface area contributed by atoms with Gasteiger partial charge in [-0.15, -0.1) is 0 Å². The molecule has 1 unspecified atom stereocenters. The van der Waals surface area contributed by atoms with Crippen molar-refractivity contribution >= 4 is 17.7 Å². The molecule has 3 N–H and O–H groups in total. The maximum absolute atomic E-state index is 12.1. The minimum Gasteiger partial charge on any atom is -0.466 e. The van der Waals surface area contributed by atoms with Gasteiger partial charge in [-0.25, -0.2) is 0 Å². The van der Waals surface area contributed by atoms with Gasteiger partial charge in [0, 0.05) is 6.92 Å². The van der Waals surface area contributed by atoms with Gasteiger partial charge in [0.05, 0.1) is 18.0 Å². The van der Waals surface area contributed by atoms with E-state index < -0.39 is 17.9 Å². The molecule has 1 atom stereocenters. The van der Waals surface area contributed by atoms with Crippen molar-refractivity contribution in [1.29, 1.82) is 0 Å². The first kappa shape index (κ1) is 18.3. The quantitative estimate of drug-likeness (QED) is 0.722. The maximum Gasteiger partial charge on any atom is 0.273 e. The minimum atomic E-state index is -0.478. The van der Waals surface area contributed by atoms with E-state index >= 15 is 0 Å². The van der Waals surface area contributed by atoms with Crippen LogP contribution in [0.3, 0.4) is 0 Å². The third-order valence-electron chi connectivity index (χ3n) is 3.57. The van der Waals surface area contributed by atoms with Crippen molar-refractivity contribution in [3.8, 4) is 0 Å². The number of amides is 3. The first-order valence-electron chi connectivity index (χ1n) is 7.85. The number of carbonyl (C=O) groups is 3. The molecule has 2 rings (SSSR count). The van der Waals surface area contributed by atoms with Crippen molar-refractivity contribution in [2.75, 3.05) is 0 Å². The van der Waals surface area contributed by atoms with Gasteiger partial charge in [0.15, 0.2) is 0 Å². The molecule has 0 saturated carbocycles. The highest BCUT2D eigenvalue weighted by Crippen LogP contribution is 2.16. The monoisotopic (exact) mass is 343 g/mol. The zero-order valence-corrected chi connectivity index (χ0v) is 14.4. The van der Waals surface area contributed by atoms with E-state index in [4.69, 9.17) is 4.42 Å². The Hall–Kier alpha value is -3.09. The van der Waals surface area contributed by atoms with Crippen LogP contribution in [0.4, 0.5) is 0 Å². The second-order valence-corrected chi connectivity index (χ2v) is 5.70. The van der Waals surface area contributed by atoms with Gasteiger partial charge in [0.25, 0.3) is 5.91 Å². The van der Waals surface area contributed by atoms with Gasteiger partial charge in [-0.3, -0.25) is 25.2 Å². The molecule has 0 aliphatic carbocycles. The Kier molecular flexibility index (Phi) is 5.94. The number of nitrogens with one attached hydrogen (secondary N) is 3. The number of carbonyl (C=O) groups excluding carboxylic acids is 3. The zero-order chi connectivity index (χ0) is 18.4. The van der Waals surface area contributed by atoms with Gasteiger partial charge < -0.3 is 9.73 Å². The van der Waals surface area contributed by atoms with Crippen LogP contribution in [0.5, 0.6) is 0 Å². The van der Waals surface area contributed by atoms with Gasteiger partial charge in [0.2, 0.25) is 11.8 Å². The molecule has 7 nitrogen and oxygen atoms in total. The van der Waals surface area contributed by atoms with E-state index in [0.29, 0.717) is 17.1 Å².